The summed E-state index contributed by atoms with van der Waals surface area (Å²) in [6, 6.07) is 3.63. The van der Waals surface area contributed by atoms with Crippen molar-refractivity contribution in [3.05, 3.63) is 17.9 Å². The summed E-state index contributed by atoms with van der Waals surface area (Å²) in [6.45, 7) is 0.944. The molecule has 0 spiro atoms. The molecule has 3 rings (SSSR count). The van der Waals surface area contributed by atoms with E-state index in [1.165, 1.54) is 38.2 Å². The van der Waals surface area contributed by atoms with Crippen molar-refractivity contribution >= 4 is 11.4 Å². The Kier molecular flexibility index (Phi) is 3.25. The van der Waals surface area contributed by atoms with E-state index in [1.807, 2.05) is 0 Å². The van der Waals surface area contributed by atoms with E-state index < -0.39 is 0 Å². The number of hydrogen-bond acceptors (Lipinski definition) is 3. The van der Waals surface area contributed by atoms with Crippen LogP contribution in [0.15, 0.2) is 12.1 Å². The SMILES string of the molecule is COc1cc(N2CCC3CCCCC32)c(F)cc1N. The monoisotopic (exact) mass is 264 g/mol. The maximum atomic E-state index is 14.2. The van der Waals surface area contributed by atoms with Crippen LogP contribution in [0.2, 0.25) is 0 Å². The number of fused-ring (bicyclic) bond motifs is 1. The normalized spacial score (nSPS) is 26.3. The lowest BCUT2D eigenvalue weighted by Gasteiger charge is -2.33. The second-order valence-electron chi connectivity index (χ2n) is 5.64. The Morgan fingerprint density at radius 3 is 2.84 bits per heavy atom. The Labute approximate surface area is 113 Å². The maximum absolute atomic E-state index is 14.2. The first-order chi connectivity index (χ1) is 9.20. The summed E-state index contributed by atoms with van der Waals surface area (Å²) in [7, 11) is 1.57. The summed E-state index contributed by atoms with van der Waals surface area (Å²) in [6.07, 6.45) is 6.22. The second kappa shape index (κ2) is 4.91. The van der Waals surface area contributed by atoms with E-state index in [0.29, 0.717) is 23.2 Å². The van der Waals surface area contributed by atoms with Gasteiger partial charge in [-0.2, -0.15) is 0 Å². The third-order valence-electron chi connectivity index (χ3n) is 4.62. The Morgan fingerprint density at radius 2 is 2.05 bits per heavy atom. The van der Waals surface area contributed by atoms with Gasteiger partial charge in [0.25, 0.3) is 0 Å². The number of anilines is 2. The van der Waals surface area contributed by atoms with Crippen molar-refractivity contribution < 1.29 is 9.13 Å². The van der Waals surface area contributed by atoms with E-state index in [-0.39, 0.29) is 5.82 Å². The molecule has 104 valence electrons. The van der Waals surface area contributed by atoms with Gasteiger partial charge in [0.15, 0.2) is 0 Å². The van der Waals surface area contributed by atoms with Crippen LogP contribution in [0.25, 0.3) is 0 Å². The molecule has 2 unspecified atom stereocenters. The summed E-state index contributed by atoms with van der Waals surface area (Å²) in [4.78, 5) is 2.22. The first-order valence-corrected chi connectivity index (χ1v) is 7.10. The molecule has 2 atom stereocenters. The first kappa shape index (κ1) is 12.6. The van der Waals surface area contributed by atoms with Crippen LogP contribution in [0.4, 0.5) is 15.8 Å². The van der Waals surface area contributed by atoms with Gasteiger partial charge in [-0.3, -0.25) is 0 Å². The molecule has 2 fully saturated rings. The van der Waals surface area contributed by atoms with Gasteiger partial charge in [0.1, 0.15) is 11.6 Å². The molecule has 19 heavy (non-hydrogen) atoms. The highest BCUT2D eigenvalue weighted by molar-refractivity contribution is 5.64. The number of methoxy groups -OCH3 is 1. The largest absolute Gasteiger partial charge is 0.495 e. The molecule has 1 saturated heterocycles. The topological polar surface area (TPSA) is 38.5 Å². The third-order valence-corrected chi connectivity index (χ3v) is 4.62. The van der Waals surface area contributed by atoms with Gasteiger partial charge in [0.2, 0.25) is 0 Å². The Hall–Kier alpha value is -1.45. The van der Waals surface area contributed by atoms with E-state index in [0.717, 1.165) is 12.5 Å². The highest BCUT2D eigenvalue weighted by Crippen LogP contribution is 2.41. The van der Waals surface area contributed by atoms with E-state index in [9.17, 15) is 4.39 Å². The van der Waals surface area contributed by atoms with Crippen molar-refractivity contribution in [2.45, 2.75) is 38.1 Å². The smallest absolute Gasteiger partial charge is 0.148 e. The molecule has 1 aromatic rings. The molecule has 0 aromatic heterocycles. The minimum Gasteiger partial charge on any atom is -0.495 e. The molecule has 1 heterocycles. The Morgan fingerprint density at radius 1 is 1.26 bits per heavy atom. The molecule has 3 nitrogen and oxygen atoms in total. The van der Waals surface area contributed by atoms with Gasteiger partial charge in [-0.25, -0.2) is 4.39 Å². The van der Waals surface area contributed by atoms with Crippen LogP contribution < -0.4 is 15.4 Å². The van der Waals surface area contributed by atoms with E-state index >= 15 is 0 Å². The van der Waals surface area contributed by atoms with Crippen LogP contribution in [0.3, 0.4) is 0 Å². The molecule has 1 saturated carbocycles. The molecule has 1 aliphatic heterocycles. The number of rotatable bonds is 2. The molecule has 2 N–H and O–H groups in total. The molecule has 1 aliphatic carbocycles. The quantitative estimate of drug-likeness (QED) is 0.834. The van der Waals surface area contributed by atoms with Crippen LogP contribution in [-0.2, 0) is 0 Å². The summed E-state index contributed by atoms with van der Waals surface area (Å²) in [5.74, 6) is 1.07. The highest BCUT2D eigenvalue weighted by Gasteiger charge is 2.36. The zero-order chi connectivity index (χ0) is 13.4. The zero-order valence-electron chi connectivity index (χ0n) is 11.4. The lowest BCUT2D eigenvalue weighted by molar-refractivity contribution is 0.341. The molecule has 4 heteroatoms. The van der Waals surface area contributed by atoms with Gasteiger partial charge in [-0.05, 0) is 25.2 Å². The van der Waals surface area contributed by atoms with Gasteiger partial charge in [-0.15, -0.1) is 0 Å². The van der Waals surface area contributed by atoms with Gasteiger partial charge >= 0.3 is 0 Å². The number of nitrogen functional groups attached to an aromatic ring is 1. The van der Waals surface area contributed by atoms with Crippen molar-refractivity contribution in [2.75, 3.05) is 24.3 Å². The zero-order valence-corrected chi connectivity index (χ0v) is 11.4. The first-order valence-electron chi connectivity index (χ1n) is 7.10. The van der Waals surface area contributed by atoms with Gasteiger partial charge in [0, 0.05) is 24.7 Å². The summed E-state index contributed by atoms with van der Waals surface area (Å²) >= 11 is 0. The Bertz CT molecular complexity index is 477. The lowest BCUT2D eigenvalue weighted by atomic mass is 9.85. The molecule has 0 amide bonds. The van der Waals surface area contributed by atoms with Crippen molar-refractivity contribution in [2.24, 2.45) is 5.92 Å². The summed E-state index contributed by atoms with van der Waals surface area (Å²) < 4.78 is 19.4. The summed E-state index contributed by atoms with van der Waals surface area (Å²) in [5, 5.41) is 0. The van der Waals surface area contributed by atoms with Crippen LogP contribution in [0.5, 0.6) is 5.75 Å². The van der Waals surface area contributed by atoms with Crippen molar-refractivity contribution in [1.82, 2.24) is 0 Å². The number of benzene rings is 1. The standard InChI is InChI=1S/C15H21FN2O/c1-19-15-9-14(11(16)8-12(15)17)18-7-6-10-4-2-3-5-13(10)18/h8-10,13H,2-7,17H2,1H3. The number of hydrogen-bond donors (Lipinski definition) is 1. The fourth-order valence-electron chi connectivity index (χ4n) is 3.66. The number of nitrogens with two attached hydrogens (primary N) is 1. The maximum Gasteiger partial charge on any atom is 0.148 e. The van der Waals surface area contributed by atoms with Crippen LogP contribution in [-0.4, -0.2) is 19.7 Å². The minimum atomic E-state index is -0.232. The average Bonchev–Trinajstić information content (AvgIpc) is 2.83. The van der Waals surface area contributed by atoms with Crippen LogP contribution >= 0.6 is 0 Å². The molecular weight excluding hydrogens is 243 g/mol. The van der Waals surface area contributed by atoms with Crippen LogP contribution in [0, 0.1) is 11.7 Å². The summed E-state index contributed by atoms with van der Waals surface area (Å²) in [5.41, 5.74) is 6.76. The second-order valence-corrected chi connectivity index (χ2v) is 5.64. The fourth-order valence-corrected chi connectivity index (χ4v) is 3.66. The van der Waals surface area contributed by atoms with E-state index in [1.54, 1.807) is 13.2 Å². The number of nitrogens with zero attached hydrogens (tertiary/aromatic N) is 1. The van der Waals surface area contributed by atoms with Gasteiger partial charge < -0.3 is 15.4 Å². The van der Waals surface area contributed by atoms with Crippen LogP contribution in [0.1, 0.15) is 32.1 Å². The van der Waals surface area contributed by atoms with Crippen molar-refractivity contribution in [3.63, 3.8) is 0 Å². The lowest BCUT2D eigenvalue weighted by Crippen LogP contribution is -2.35. The predicted molar refractivity (Wildman–Crippen MR) is 75.1 cm³/mol. The van der Waals surface area contributed by atoms with Gasteiger partial charge in [-0.1, -0.05) is 12.8 Å². The van der Waals surface area contributed by atoms with Gasteiger partial charge in [0.05, 0.1) is 18.5 Å². The Balaban J connectivity index is 1.93. The van der Waals surface area contributed by atoms with Crippen molar-refractivity contribution in [1.29, 1.82) is 0 Å². The number of ether oxygens (including phenoxy) is 1. The van der Waals surface area contributed by atoms with Crippen molar-refractivity contribution in [3.8, 4) is 5.75 Å². The predicted octanol–water partition coefficient (Wildman–Crippen LogP) is 3.19. The molecular formula is C15H21FN2O. The molecule has 2 aliphatic rings. The van der Waals surface area contributed by atoms with E-state index in [2.05, 4.69) is 4.90 Å². The molecule has 1 aromatic carbocycles. The minimum absolute atomic E-state index is 0.232. The average molecular weight is 264 g/mol. The number of halogens is 1. The van der Waals surface area contributed by atoms with E-state index in [4.69, 9.17) is 10.5 Å². The fraction of sp³-hybridized carbons (Fsp3) is 0.600. The highest BCUT2D eigenvalue weighted by atomic mass is 19.1. The molecule has 0 bridgehead atoms. The molecule has 0 radical (unpaired) electrons. The third kappa shape index (κ3) is 2.13.